The normalized spacial score (nSPS) is 17.5. The zero-order valence-corrected chi connectivity index (χ0v) is 15.8. The summed E-state index contributed by atoms with van der Waals surface area (Å²) in [6.45, 7) is 5.46. The number of hydrogen-bond donors (Lipinski definition) is 1. The van der Waals surface area contributed by atoms with Crippen molar-refractivity contribution in [3.05, 3.63) is 51.0 Å². The molecule has 2 heterocycles. The number of benzene rings is 1. The van der Waals surface area contributed by atoms with Crippen LogP contribution in [0.15, 0.2) is 23.6 Å². The lowest BCUT2D eigenvalue weighted by atomic mass is 9.90. The number of halogens is 1. The first-order valence-electron chi connectivity index (χ1n) is 8.13. The van der Waals surface area contributed by atoms with Gasteiger partial charge in [0.1, 0.15) is 10.7 Å². The third kappa shape index (κ3) is 3.63. The van der Waals surface area contributed by atoms with E-state index in [0.29, 0.717) is 12.2 Å². The van der Waals surface area contributed by atoms with Gasteiger partial charge in [0.2, 0.25) is 0 Å². The molecule has 2 N–H and O–H groups in total. The lowest BCUT2D eigenvalue weighted by Crippen LogP contribution is -2.39. The van der Waals surface area contributed by atoms with Crippen molar-refractivity contribution in [3.63, 3.8) is 0 Å². The second-order valence-corrected chi connectivity index (χ2v) is 7.07. The number of nitrogens with two attached hydrogens (primary N) is 1. The van der Waals surface area contributed by atoms with E-state index in [1.807, 2.05) is 10.3 Å². The summed E-state index contributed by atoms with van der Waals surface area (Å²) in [5, 5.41) is 2.65. The Labute approximate surface area is 153 Å². The third-order valence-electron chi connectivity index (χ3n) is 4.71. The van der Waals surface area contributed by atoms with Crippen LogP contribution in [-0.4, -0.2) is 22.3 Å². The molecule has 1 aromatic carbocycles. The summed E-state index contributed by atoms with van der Waals surface area (Å²) in [5.74, 6) is 0.0338. The number of hydrogen-bond acceptors (Lipinski definition) is 4. The lowest BCUT2D eigenvalue weighted by Gasteiger charge is -2.36. The van der Waals surface area contributed by atoms with Crippen LogP contribution in [-0.2, 0) is 6.54 Å². The van der Waals surface area contributed by atoms with Gasteiger partial charge in [-0.05, 0) is 49.8 Å². The highest BCUT2D eigenvalue weighted by Crippen LogP contribution is 2.34. The number of aryl methyl sites for hydroxylation is 1. The Morgan fingerprint density at radius 3 is 2.88 bits per heavy atom. The predicted molar refractivity (Wildman–Crippen MR) is 101 cm³/mol. The van der Waals surface area contributed by atoms with Crippen LogP contribution in [0, 0.1) is 13.8 Å². The van der Waals surface area contributed by atoms with Crippen LogP contribution in [0.4, 0.5) is 0 Å². The minimum Gasteiger partial charge on any atom is -0.330 e. The molecule has 0 bridgehead atoms. The number of likely N-dealkylation sites (tertiary alicyclic amines) is 1. The number of carbonyl (C=O) groups is 1. The van der Waals surface area contributed by atoms with Gasteiger partial charge in [-0.1, -0.05) is 18.2 Å². The Kier molecular flexibility index (Phi) is 6.38. The lowest BCUT2D eigenvalue weighted by molar-refractivity contribution is 0.0605. The van der Waals surface area contributed by atoms with Crippen molar-refractivity contribution in [2.45, 2.75) is 45.7 Å². The summed E-state index contributed by atoms with van der Waals surface area (Å²) >= 11 is 1.46. The van der Waals surface area contributed by atoms with Crippen LogP contribution < -0.4 is 5.73 Å². The monoisotopic (exact) mass is 365 g/mol. The number of piperidine rings is 1. The van der Waals surface area contributed by atoms with Gasteiger partial charge in [0, 0.05) is 18.5 Å². The Morgan fingerprint density at radius 1 is 1.38 bits per heavy atom. The molecule has 130 valence electrons. The molecule has 1 atom stereocenters. The van der Waals surface area contributed by atoms with E-state index in [0.717, 1.165) is 30.8 Å². The number of nitrogens with zero attached hydrogens (tertiary/aromatic N) is 2. The number of amides is 1. The summed E-state index contributed by atoms with van der Waals surface area (Å²) < 4.78 is 0. The molecule has 1 saturated heterocycles. The maximum Gasteiger partial charge on any atom is 0.273 e. The molecular weight excluding hydrogens is 342 g/mol. The van der Waals surface area contributed by atoms with Gasteiger partial charge in [0.05, 0.1) is 6.04 Å². The average molecular weight is 366 g/mol. The highest BCUT2D eigenvalue weighted by atomic mass is 35.5. The van der Waals surface area contributed by atoms with Crippen LogP contribution in [0.1, 0.15) is 57.5 Å². The number of thiazole rings is 1. The maximum atomic E-state index is 12.9. The number of rotatable bonds is 3. The van der Waals surface area contributed by atoms with E-state index in [-0.39, 0.29) is 24.4 Å². The van der Waals surface area contributed by atoms with Gasteiger partial charge in [0.15, 0.2) is 0 Å². The Bertz CT molecular complexity index is 716. The Balaban J connectivity index is 0.00000208. The van der Waals surface area contributed by atoms with Crippen molar-refractivity contribution >= 4 is 29.7 Å². The van der Waals surface area contributed by atoms with Gasteiger partial charge in [-0.2, -0.15) is 0 Å². The smallest absolute Gasteiger partial charge is 0.273 e. The standard InChI is InChI=1S/C18H23N3OS.ClH/c1-12-6-5-7-14(13(12)2)16-8-3-4-9-21(16)18(22)15-11-23-17(10-19)20-15;/h5-7,11,16H,3-4,8-10,19H2,1-2H3;1H. The molecule has 0 saturated carbocycles. The fourth-order valence-corrected chi connectivity index (χ4v) is 3.93. The Hall–Kier alpha value is -1.43. The molecule has 0 aliphatic carbocycles. The molecule has 24 heavy (non-hydrogen) atoms. The van der Waals surface area contributed by atoms with Crippen LogP contribution in [0.2, 0.25) is 0 Å². The largest absolute Gasteiger partial charge is 0.330 e. The van der Waals surface area contributed by atoms with Crippen molar-refractivity contribution in [3.8, 4) is 0 Å². The molecule has 3 rings (SSSR count). The molecule has 0 spiro atoms. The quantitative estimate of drug-likeness (QED) is 0.894. The zero-order chi connectivity index (χ0) is 16.4. The summed E-state index contributed by atoms with van der Waals surface area (Å²) in [4.78, 5) is 19.3. The van der Waals surface area contributed by atoms with E-state index >= 15 is 0 Å². The number of aromatic nitrogens is 1. The average Bonchev–Trinajstić information content (AvgIpc) is 3.06. The van der Waals surface area contributed by atoms with Crippen LogP contribution in [0.5, 0.6) is 0 Å². The fraction of sp³-hybridized carbons (Fsp3) is 0.444. The molecule has 1 fully saturated rings. The van der Waals surface area contributed by atoms with Crippen molar-refractivity contribution in [1.82, 2.24) is 9.88 Å². The highest BCUT2D eigenvalue weighted by Gasteiger charge is 2.30. The zero-order valence-electron chi connectivity index (χ0n) is 14.1. The first-order chi connectivity index (χ1) is 11.1. The number of carbonyl (C=O) groups excluding carboxylic acids is 1. The van der Waals surface area contributed by atoms with Crippen LogP contribution >= 0.6 is 23.7 Å². The predicted octanol–water partition coefficient (Wildman–Crippen LogP) is 4.01. The first-order valence-corrected chi connectivity index (χ1v) is 9.01. The molecule has 1 aliphatic rings. The van der Waals surface area contributed by atoms with Gasteiger partial charge < -0.3 is 10.6 Å². The molecule has 0 radical (unpaired) electrons. The van der Waals surface area contributed by atoms with Crippen LogP contribution in [0.25, 0.3) is 0 Å². The molecule has 6 heteroatoms. The summed E-state index contributed by atoms with van der Waals surface area (Å²) in [7, 11) is 0. The SMILES string of the molecule is Cc1cccc(C2CCCCN2C(=O)c2csc(CN)n2)c1C.Cl. The van der Waals surface area contributed by atoms with Gasteiger partial charge in [-0.15, -0.1) is 23.7 Å². The summed E-state index contributed by atoms with van der Waals surface area (Å²) in [6.07, 6.45) is 3.23. The maximum absolute atomic E-state index is 12.9. The van der Waals surface area contributed by atoms with Crippen molar-refractivity contribution in [1.29, 1.82) is 0 Å². The minimum absolute atomic E-state index is 0. The first kappa shape index (κ1) is 18.9. The molecule has 1 aromatic heterocycles. The van der Waals surface area contributed by atoms with Gasteiger partial charge in [0.25, 0.3) is 5.91 Å². The van der Waals surface area contributed by atoms with Gasteiger partial charge >= 0.3 is 0 Å². The topological polar surface area (TPSA) is 59.2 Å². The molecule has 1 unspecified atom stereocenters. The molecular formula is C18H24ClN3OS. The highest BCUT2D eigenvalue weighted by molar-refractivity contribution is 7.09. The molecule has 4 nitrogen and oxygen atoms in total. The summed E-state index contributed by atoms with van der Waals surface area (Å²) in [6, 6.07) is 6.52. The minimum atomic E-state index is 0. The van der Waals surface area contributed by atoms with E-state index in [1.54, 1.807) is 0 Å². The van der Waals surface area contributed by atoms with Crippen LogP contribution in [0.3, 0.4) is 0 Å². The van der Waals surface area contributed by atoms with E-state index in [9.17, 15) is 4.79 Å². The molecule has 1 aliphatic heterocycles. The second kappa shape index (κ2) is 8.10. The van der Waals surface area contributed by atoms with Crippen molar-refractivity contribution < 1.29 is 4.79 Å². The molecule has 1 amide bonds. The van der Waals surface area contributed by atoms with E-state index in [2.05, 4.69) is 37.0 Å². The molecule has 2 aromatic rings. The van der Waals surface area contributed by atoms with E-state index < -0.39 is 0 Å². The summed E-state index contributed by atoms with van der Waals surface area (Å²) in [5.41, 5.74) is 9.99. The van der Waals surface area contributed by atoms with Gasteiger partial charge in [-0.25, -0.2) is 4.98 Å². The van der Waals surface area contributed by atoms with E-state index in [1.165, 1.54) is 28.0 Å². The van der Waals surface area contributed by atoms with Crippen molar-refractivity contribution in [2.24, 2.45) is 5.73 Å². The van der Waals surface area contributed by atoms with Crippen molar-refractivity contribution in [2.75, 3.05) is 6.54 Å². The third-order valence-corrected chi connectivity index (χ3v) is 5.59. The second-order valence-electron chi connectivity index (χ2n) is 6.13. The fourth-order valence-electron chi connectivity index (χ4n) is 3.28. The Morgan fingerprint density at radius 2 is 2.17 bits per heavy atom. The van der Waals surface area contributed by atoms with E-state index in [4.69, 9.17) is 5.73 Å². The van der Waals surface area contributed by atoms with Gasteiger partial charge in [-0.3, -0.25) is 4.79 Å².